The Morgan fingerprint density at radius 2 is 2.04 bits per heavy atom. The third-order valence-corrected chi connectivity index (χ3v) is 5.95. The second kappa shape index (κ2) is 6.30. The van der Waals surface area contributed by atoms with E-state index in [9.17, 15) is 14.9 Å². The topological polar surface area (TPSA) is 104 Å². The van der Waals surface area contributed by atoms with E-state index in [0.29, 0.717) is 6.42 Å². The lowest BCUT2D eigenvalue weighted by atomic mass is 9.82. The van der Waals surface area contributed by atoms with Crippen LogP contribution in [0.4, 0.5) is 5.95 Å². The van der Waals surface area contributed by atoms with Crippen LogP contribution in [0, 0.1) is 10.1 Å². The van der Waals surface area contributed by atoms with Gasteiger partial charge in [-0.3, -0.25) is 4.79 Å². The third-order valence-electron chi connectivity index (χ3n) is 4.01. The number of carbonyl (C=O) groups is 1. The van der Waals surface area contributed by atoms with E-state index < -0.39 is 16.9 Å². The molecule has 25 heavy (non-hydrogen) atoms. The molecule has 0 aliphatic heterocycles. The van der Waals surface area contributed by atoms with Gasteiger partial charge in [0.2, 0.25) is 0 Å². The molecule has 0 radical (unpaired) electrons. The standard InChI is InChI=1S/C15H11N5O3S2/c21-11-8-9(12-3-1-5-24-12)7-10(13-4-2-6-25-13)14(11)19-17-15(16-18-19)20(22)23/h1-6,8,10,14H,7H2/t10-,14+/m0/s1. The molecule has 0 saturated heterocycles. The quantitative estimate of drug-likeness (QED) is 0.514. The van der Waals surface area contributed by atoms with Crippen molar-refractivity contribution < 1.29 is 9.72 Å². The highest BCUT2D eigenvalue weighted by molar-refractivity contribution is 7.11. The Labute approximate surface area is 149 Å². The molecule has 126 valence electrons. The maximum atomic E-state index is 12.8. The molecule has 0 fully saturated rings. The molecule has 0 spiro atoms. The Kier molecular flexibility index (Phi) is 3.98. The van der Waals surface area contributed by atoms with Crippen LogP contribution in [0.3, 0.4) is 0 Å². The summed E-state index contributed by atoms with van der Waals surface area (Å²) in [6.45, 7) is 0. The number of tetrazole rings is 1. The van der Waals surface area contributed by atoms with E-state index in [0.717, 1.165) is 20.1 Å². The maximum Gasteiger partial charge on any atom is 0.514 e. The molecule has 0 amide bonds. The third kappa shape index (κ3) is 2.89. The van der Waals surface area contributed by atoms with E-state index in [4.69, 9.17) is 0 Å². The SMILES string of the molecule is O=C1C=C(c2cccs2)C[C@@H](c2cccs2)[C@H]1n1nnc([N+](=O)[O-])n1. The zero-order chi connectivity index (χ0) is 17.4. The molecule has 3 heterocycles. The lowest BCUT2D eigenvalue weighted by Crippen LogP contribution is -2.30. The molecule has 4 rings (SSSR count). The van der Waals surface area contributed by atoms with Crippen LogP contribution in [0.2, 0.25) is 0 Å². The first-order valence-corrected chi connectivity index (χ1v) is 9.15. The van der Waals surface area contributed by atoms with Crippen molar-refractivity contribution in [2.24, 2.45) is 0 Å². The van der Waals surface area contributed by atoms with Gasteiger partial charge >= 0.3 is 5.95 Å². The lowest BCUT2D eigenvalue weighted by molar-refractivity contribution is -0.394. The van der Waals surface area contributed by atoms with E-state index >= 15 is 0 Å². The van der Waals surface area contributed by atoms with Gasteiger partial charge in [0.25, 0.3) is 0 Å². The van der Waals surface area contributed by atoms with Gasteiger partial charge in [0.1, 0.15) is 0 Å². The molecule has 8 nitrogen and oxygen atoms in total. The summed E-state index contributed by atoms with van der Waals surface area (Å²) in [5.74, 6) is -0.977. The van der Waals surface area contributed by atoms with Crippen LogP contribution in [-0.2, 0) is 4.79 Å². The van der Waals surface area contributed by atoms with Gasteiger partial charge in [-0.05, 0) is 45.9 Å². The summed E-state index contributed by atoms with van der Waals surface area (Å²) in [6.07, 6.45) is 2.22. The fourth-order valence-electron chi connectivity index (χ4n) is 2.94. The van der Waals surface area contributed by atoms with Crippen molar-refractivity contribution >= 4 is 40.0 Å². The van der Waals surface area contributed by atoms with Gasteiger partial charge in [0.05, 0.1) is 10.2 Å². The molecule has 0 aromatic carbocycles. The monoisotopic (exact) mass is 373 g/mol. The Morgan fingerprint density at radius 3 is 2.68 bits per heavy atom. The first-order chi connectivity index (χ1) is 12.1. The van der Waals surface area contributed by atoms with Crippen molar-refractivity contribution in [2.75, 3.05) is 0 Å². The van der Waals surface area contributed by atoms with Crippen LogP contribution in [0.25, 0.3) is 5.57 Å². The van der Waals surface area contributed by atoms with E-state index in [-0.39, 0.29) is 11.7 Å². The van der Waals surface area contributed by atoms with E-state index in [1.54, 1.807) is 28.7 Å². The average Bonchev–Trinajstić information content (AvgIpc) is 3.34. The van der Waals surface area contributed by atoms with Crippen molar-refractivity contribution in [3.05, 3.63) is 61.0 Å². The van der Waals surface area contributed by atoms with Crippen LogP contribution >= 0.6 is 22.7 Å². The molecule has 1 aliphatic rings. The zero-order valence-electron chi connectivity index (χ0n) is 12.7. The number of rotatable bonds is 4. The average molecular weight is 373 g/mol. The molecular formula is C15H11N5O3S2. The molecule has 0 N–H and O–H groups in total. The Bertz CT molecular complexity index is 946. The fourth-order valence-corrected chi connectivity index (χ4v) is 4.55. The van der Waals surface area contributed by atoms with Gasteiger partial charge in [-0.15, -0.1) is 22.7 Å². The molecule has 0 unspecified atom stereocenters. The predicted octanol–water partition coefficient (Wildman–Crippen LogP) is 3.09. The Hall–Kier alpha value is -2.72. The number of hydrogen-bond acceptors (Lipinski definition) is 8. The highest BCUT2D eigenvalue weighted by Crippen LogP contribution is 2.43. The number of nitro groups is 1. The summed E-state index contributed by atoms with van der Waals surface area (Å²) < 4.78 is 0. The van der Waals surface area contributed by atoms with Crippen molar-refractivity contribution in [2.45, 2.75) is 18.4 Å². The van der Waals surface area contributed by atoms with E-state index in [1.807, 2.05) is 35.0 Å². The van der Waals surface area contributed by atoms with Crippen LogP contribution in [0.1, 0.15) is 28.1 Å². The number of aromatic nitrogens is 4. The first-order valence-electron chi connectivity index (χ1n) is 7.39. The molecule has 2 atom stereocenters. The number of thiophene rings is 2. The smallest absolute Gasteiger partial charge is 0.390 e. The van der Waals surface area contributed by atoms with Crippen molar-refractivity contribution in [3.8, 4) is 0 Å². The van der Waals surface area contributed by atoms with E-state index in [2.05, 4.69) is 15.4 Å². The van der Waals surface area contributed by atoms with Gasteiger partial charge in [0, 0.05) is 20.9 Å². The number of allylic oxidation sites excluding steroid dienone is 2. The summed E-state index contributed by atoms with van der Waals surface area (Å²) in [4.78, 5) is 26.1. The van der Waals surface area contributed by atoms with Crippen LogP contribution in [0.15, 0.2) is 41.1 Å². The van der Waals surface area contributed by atoms with E-state index in [1.165, 1.54) is 0 Å². The van der Waals surface area contributed by atoms with Crippen LogP contribution in [0.5, 0.6) is 0 Å². The van der Waals surface area contributed by atoms with Gasteiger partial charge in [0.15, 0.2) is 11.8 Å². The maximum absolute atomic E-state index is 12.8. The van der Waals surface area contributed by atoms with Gasteiger partial charge in [-0.1, -0.05) is 16.9 Å². The lowest BCUT2D eigenvalue weighted by Gasteiger charge is -2.27. The minimum absolute atomic E-state index is 0.180. The molecule has 0 saturated carbocycles. The van der Waals surface area contributed by atoms with Crippen molar-refractivity contribution in [3.63, 3.8) is 0 Å². The summed E-state index contributed by atoms with van der Waals surface area (Å²) in [5.41, 5.74) is 0.962. The molecule has 1 aliphatic carbocycles. The zero-order valence-corrected chi connectivity index (χ0v) is 14.3. The minimum atomic E-state index is -0.733. The fraction of sp³-hybridized carbons (Fsp3) is 0.200. The number of nitrogens with zero attached hydrogens (tertiary/aromatic N) is 5. The van der Waals surface area contributed by atoms with Crippen molar-refractivity contribution in [1.29, 1.82) is 0 Å². The minimum Gasteiger partial charge on any atom is -0.390 e. The summed E-state index contributed by atoms with van der Waals surface area (Å²) >= 11 is 3.12. The van der Waals surface area contributed by atoms with Gasteiger partial charge < -0.3 is 10.1 Å². The molecule has 3 aromatic heterocycles. The number of carbonyl (C=O) groups excluding carboxylic acids is 1. The second-order valence-electron chi connectivity index (χ2n) is 5.49. The second-order valence-corrected chi connectivity index (χ2v) is 7.41. The molecule has 10 heteroatoms. The number of ketones is 1. The normalized spacial score (nSPS) is 20.5. The summed E-state index contributed by atoms with van der Waals surface area (Å²) in [5, 5.41) is 25.7. The predicted molar refractivity (Wildman–Crippen MR) is 92.5 cm³/mol. The molecule has 0 bridgehead atoms. The van der Waals surface area contributed by atoms with Gasteiger partial charge in [-0.2, -0.15) is 0 Å². The van der Waals surface area contributed by atoms with Crippen LogP contribution < -0.4 is 0 Å². The summed E-state index contributed by atoms with van der Waals surface area (Å²) in [6, 6.07) is 7.07. The largest absolute Gasteiger partial charge is 0.514 e. The van der Waals surface area contributed by atoms with Crippen LogP contribution in [-0.4, -0.2) is 30.9 Å². The highest BCUT2D eigenvalue weighted by Gasteiger charge is 2.39. The molecular weight excluding hydrogens is 362 g/mol. The molecule has 3 aromatic rings. The van der Waals surface area contributed by atoms with Gasteiger partial charge in [-0.25, -0.2) is 0 Å². The first kappa shape index (κ1) is 15.8. The number of hydrogen-bond donors (Lipinski definition) is 0. The Balaban J connectivity index is 1.77. The Morgan fingerprint density at radius 1 is 1.24 bits per heavy atom. The van der Waals surface area contributed by atoms with Crippen molar-refractivity contribution in [1.82, 2.24) is 20.2 Å². The summed E-state index contributed by atoms with van der Waals surface area (Å²) in [7, 11) is 0. The highest BCUT2D eigenvalue weighted by atomic mass is 32.1.